The number of imide groups is 1. The summed E-state index contributed by atoms with van der Waals surface area (Å²) in [5.41, 5.74) is 4.79. The number of carbonyl (C=O) groups excluding carboxylic acids is 3. The van der Waals surface area contributed by atoms with Crippen molar-refractivity contribution in [3.05, 3.63) is 215 Å². The lowest BCUT2D eigenvalue weighted by Crippen LogP contribution is -2.55. The molecule has 0 aliphatic carbocycles. The van der Waals surface area contributed by atoms with Crippen LogP contribution in [-0.2, 0) is 29.5 Å². The lowest BCUT2D eigenvalue weighted by Gasteiger charge is -2.41. The number of nitrogens with zero attached hydrogens (tertiary/aromatic N) is 1. The van der Waals surface area contributed by atoms with Crippen LogP contribution in [0.5, 0.6) is 0 Å². The third-order valence-electron chi connectivity index (χ3n) is 9.49. The molecule has 52 heavy (non-hydrogen) atoms. The molecular formula is C45H38N2O4S. The summed E-state index contributed by atoms with van der Waals surface area (Å²) in [5.74, 6) is -1.59. The van der Waals surface area contributed by atoms with Crippen molar-refractivity contribution in [2.24, 2.45) is 0 Å². The van der Waals surface area contributed by atoms with Crippen molar-refractivity contribution in [3.63, 3.8) is 0 Å². The summed E-state index contributed by atoms with van der Waals surface area (Å²) in [5, 5.41) is 4.44. The van der Waals surface area contributed by atoms with Crippen LogP contribution >= 0.6 is 11.8 Å². The molecule has 0 spiro atoms. The smallest absolute Gasteiger partial charge is 0.329 e. The van der Waals surface area contributed by atoms with Gasteiger partial charge in [-0.1, -0.05) is 182 Å². The predicted molar refractivity (Wildman–Crippen MR) is 205 cm³/mol. The van der Waals surface area contributed by atoms with Gasteiger partial charge >= 0.3 is 5.97 Å². The van der Waals surface area contributed by atoms with Crippen LogP contribution in [0.2, 0.25) is 0 Å². The van der Waals surface area contributed by atoms with Crippen LogP contribution in [0.1, 0.15) is 46.2 Å². The molecule has 1 aliphatic heterocycles. The van der Waals surface area contributed by atoms with Crippen LogP contribution in [0.4, 0.5) is 0 Å². The van der Waals surface area contributed by atoms with Gasteiger partial charge in [-0.3, -0.25) is 14.9 Å². The first kappa shape index (κ1) is 34.7. The molecule has 0 radical (unpaired) electrons. The van der Waals surface area contributed by atoms with E-state index in [0.717, 1.165) is 33.4 Å². The molecule has 1 fully saturated rings. The van der Waals surface area contributed by atoms with Crippen molar-refractivity contribution in [3.8, 4) is 0 Å². The molecule has 1 unspecified atom stereocenters. The maximum absolute atomic E-state index is 14.6. The lowest BCUT2D eigenvalue weighted by atomic mass is 9.76. The Morgan fingerprint density at radius 1 is 0.538 bits per heavy atom. The molecule has 0 saturated carbocycles. The SMILES string of the molecule is O=C(ON1C(=O)CCC1=O)C(CSC(c1ccccc1)(c1ccccc1)c1ccccc1)NC(c1ccccc1)(c1ccccc1)c1ccccc1. The highest BCUT2D eigenvalue weighted by Gasteiger charge is 2.44. The maximum atomic E-state index is 14.6. The topological polar surface area (TPSA) is 75.7 Å². The first-order valence-corrected chi connectivity index (χ1v) is 18.3. The summed E-state index contributed by atoms with van der Waals surface area (Å²) < 4.78 is -0.752. The van der Waals surface area contributed by atoms with Crippen LogP contribution < -0.4 is 5.32 Å². The monoisotopic (exact) mass is 702 g/mol. The van der Waals surface area contributed by atoms with E-state index < -0.39 is 34.1 Å². The summed E-state index contributed by atoms with van der Waals surface area (Å²) in [7, 11) is 0. The average molecular weight is 703 g/mol. The van der Waals surface area contributed by atoms with Crippen LogP contribution in [0.25, 0.3) is 0 Å². The van der Waals surface area contributed by atoms with Crippen molar-refractivity contribution < 1.29 is 19.2 Å². The van der Waals surface area contributed by atoms with Gasteiger partial charge in [0, 0.05) is 18.6 Å². The number of hydrogen-bond acceptors (Lipinski definition) is 6. The Bertz CT molecular complexity index is 1890. The molecule has 7 heteroatoms. The Morgan fingerprint density at radius 3 is 1.17 bits per heavy atom. The van der Waals surface area contributed by atoms with Crippen molar-refractivity contribution >= 4 is 29.5 Å². The molecule has 1 saturated heterocycles. The zero-order chi connectivity index (χ0) is 35.8. The van der Waals surface area contributed by atoms with Crippen molar-refractivity contribution in [1.29, 1.82) is 0 Å². The van der Waals surface area contributed by atoms with Crippen LogP contribution in [-0.4, -0.2) is 34.6 Å². The lowest BCUT2D eigenvalue weighted by molar-refractivity contribution is -0.198. The normalized spacial score (nSPS) is 13.9. The van der Waals surface area contributed by atoms with Crippen LogP contribution in [0, 0.1) is 0 Å². The van der Waals surface area contributed by atoms with E-state index in [1.807, 2.05) is 146 Å². The third-order valence-corrected chi connectivity index (χ3v) is 11.1. The number of amides is 2. The molecule has 2 amide bonds. The summed E-state index contributed by atoms with van der Waals surface area (Å²) in [6, 6.07) is 59.8. The summed E-state index contributed by atoms with van der Waals surface area (Å²) in [6.45, 7) is 0. The minimum Gasteiger partial charge on any atom is -0.329 e. The number of hydroxylamine groups is 2. The fraction of sp³-hybridized carbons (Fsp3) is 0.133. The van der Waals surface area contributed by atoms with E-state index in [-0.39, 0.29) is 18.6 Å². The van der Waals surface area contributed by atoms with Crippen molar-refractivity contribution in [2.75, 3.05) is 5.75 Å². The Morgan fingerprint density at radius 2 is 0.846 bits per heavy atom. The molecule has 0 bridgehead atoms. The van der Waals surface area contributed by atoms with Gasteiger partial charge in [0.2, 0.25) is 0 Å². The van der Waals surface area contributed by atoms with Gasteiger partial charge in [-0.05, 0) is 33.4 Å². The Kier molecular flexibility index (Phi) is 10.4. The summed E-state index contributed by atoms with van der Waals surface area (Å²) in [4.78, 5) is 45.9. The first-order valence-electron chi connectivity index (χ1n) is 17.3. The number of rotatable bonds is 13. The van der Waals surface area contributed by atoms with E-state index in [1.165, 1.54) is 0 Å². The molecule has 6 aromatic rings. The van der Waals surface area contributed by atoms with Gasteiger partial charge < -0.3 is 4.84 Å². The average Bonchev–Trinajstić information content (AvgIpc) is 3.53. The predicted octanol–water partition coefficient (Wildman–Crippen LogP) is 8.27. The molecule has 6 aromatic carbocycles. The molecule has 6 nitrogen and oxygen atoms in total. The Labute approximate surface area is 308 Å². The Balaban J connectivity index is 1.40. The third kappa shape index (κ3) is 6.81. The number of benzene rings is 6. The van der Waals surface area contributed by atoms with Gasteiger partial charge in [-0.25, -0.2) is 4.79 Å². The second kappa shape index (κ2) is 15.6. The molecular weight excluding hydrogens is 665 g/mol. The van der Waals surface area contributed by atoms with E-state index in [0.29, 0.717) is 5.06 Å². The molecule has 1 atom stereocenters. The molecule has 258 valence electrons. The minimum absolute atomic E-state index is 0.0000742. The standard InChI is InChI=1S/C45H38N2O4S/c48-41-31-32-42(49)47(41)51-43(50)40(46-44(34-19-7-1-8-20-34,35-21-9-2-10-22-35)36-23-11-3-12-24-36)33-52-45(37-25-13-4-14-26-37,38-27-15-5-16-28-38)39-29-17-6-18-30-39/h1-30,40,46H,31-33H2. The number of hydrogen-bond donors (Lipinski definition) is 1. The largest absolute Gasteiger partial charge is 0.350 e. The highest BCUT2D eigenvalue weighted by Crippen LogP contribution is 2.49. The van der Waals surface area contributed by atoms with E-state index in [9.17, 15) is 14.4 Å². The second-order valence-electron chi connectivity index (χ2n) is 12.6. The molecule has 1 N–H and O–H groups in total. The fourth-order valence-corrected chi connectivity index (χ4v) is 8.58. The minimum atomic E-state index is -1.04. The van der Waals surface area contributed by atoms with Gasteiger partial charge in [0.05, 0.1) is 10.3 Å². The van der Waals surface area contributed by atoms with E-state index in [4.69, 9.17) is 4.84 Å². The zero-order valence-electron chi connectivity index (χ0n) is 28.5. The van der Waals surface area contributed by atoms with Gasteiger partial charge in [-0.15, -0.1) is 16.8 Å². The quantitative estimate of drug-likeness (QED) is 0.0965. The molecule has 1 aliphatic rings. The van der Waals surface area contributed by atoms with Crippen LogP contribution in [0.3, 0.4) is 0 Å². The summed E-state index contributed by atoms with van der Waals surface area (Å²) in [6.07, 6.45) is 0.000148. The number of thioether (sulfide) groups is 1. The fourth-order valence-electron chi connectivity index (χ4n) is 7.03. The van der Waals surface area contributed by atoms with E-state index in [2.05, 4.69) is 41.7 Å². The van der Waals surface area contributed by atoms with E-state index in [1.54, 1.807) is 11.8 Å². The first-order chi connectivity index (χ1) is 25.5. The van der Waals surface area contributed by atoms with Gasteiger partial charge in [0.25, 0.3) is 11.8 Å². The Hall–Kier alpha value is -5.76. The van der Waals surface area contributed by atoms with Gasteiger partial charge in [0.1, 0.15) is 6.04 Å². The zero-order valence-corrected chi connectivity index (χ0v) is 29.3. The highest BCUT2D eigenvalue weighted by molar-refractivity contribution is 8.00. The van der Waals surface area contributed by atoms with Crippen molar-refractivity contribution in [2.45, 2.75) is 29.2 Å². The van der Waals surface area contributed by atoms with Gasteiger partial charge in [-0.2, -0.15) is 0 Å². The number of nitrogens with one attached hydrogen (secondary N) is 1. The number of carbonyl (C=O) groups is 3. The second-order valence-corrected chi connectivity index (χ2v) is 13.9. The maximum Gasteiger partial charge on any atom is 0.350 e. The molecule has 7 rings (SSSR count). The molecule has 0 aromatic heterocycles. The van der Waals surface area contributed by atoms with Crippen molar-refractivity contribution in [1.82, 2.24) is 10.4 Å². The summed E-state index contributed by atoms with van der Waals surface area (Å²) >= 11 is 1.60. The highest BCUT2D eigenvalue weighted by atomic mass is 32.2. The van der Waals surface area contributed by atoms with Crippen LogP contribution in [0.15, 0.2) is 182 Å². The van der Waals surface area contributed by atoms with Gasteiger partial charge in [0.15, 0.2) is 0 Å². The van der Waals surface area contributed by atoms with E-state index >= 15 is 0 Å². The molecule has 1 heterocycles.